The zero-order valence-electron chi connectivity index (χ0n) is 21.9. The van der Waals surface area contributed by atoms with Crippen LogP contribution in [0.4, 0.5) is 0 Å². The van der Waals surface area contributed by atoms with Crippen LogP contribution < -0.4 is 4.72 Å². The maximum atomic E-state index is 13.8. The minimum absolute atomic E-state index is 0.171. The Morgan fingerprint density at radius 2 is 1.19 bits per heavy atom. The van der Waals surface area contributed by atoms with Crippen molar-refractivity contribution in [1.82, 2.24) is 4.72 Å². The number of aryl methyl sites for hydroxylation is 3. The summed E-state index contributed by atoms with van der Waals surface area (Å²) in [4.78, 5) is 2.26. The number of benzene rings is 4. The molecule has 4 aromatic carbocycles. The molecule has 0 aliphatic rings. The third-order valence-corrected chi connectivity index (χ3v) is 10.6. The van der Waals surface area contributed by atoms with Crippen LogP contribution in [0, 0.1) is 20.8 Å². The highest BCUT2D eigenvalue weighted by Crippen LogP contribution is 2.46. The Morgan fingerprint density at radius 3 is 1.73 bits per heavy atom. The van der Waals surface area contributed by atoms with E-state index in [-0.39, 0.29) is 5.25 Å². The number of thioether (sulfide) groups is 1. The predicted octanol–water partition coefficient (Wildman–Crippen LogP) is 7.41. The molecule has 4 aromatic rings. The second kappa shape index (κ2) is 11.9. The van der Waals surface area contributed by atoms with Gasteiger partial charge < -0.3 is 0 Å². The monoisotopic (exact) mass is 547 g/mol. The number of hydrogen-bond acceptors (Lipinski definition) is 3. The van der Waals surface area contributed by atoms with Crippen LogP contribution in [-0.4, -0.2) is 14.7 Å². The summed E-state index contributed by atoms with van der Waals surface area (Å²) >= 11 is 1.67. The van der Waals surface area contributed by atoms with Gasteiger partial charge in [0.2, 0.25) is 0 Å². The third-order valence-electron chi connectivity index (χ3n) is 6.59. The van der Waals surface area contributed by atoms with Crippen LogP contribution >= 0.6 is 11.8 Å². The molecule has 0 amide bonds. The van der Waals surface area contributed by atoms with Gasteiger partial charge in [0.25, 0.3) is 0 Å². The Labute approximate surface area is 230 Å². The first-order valence-electron chi connectivity index (χ1n) is 12.2. The lowest BCUT2D eigenvalue weighted by Crippen LogP contribution is -2.45. The number of nitrogens with one attached hydrogen (secondary N) is 1. The van der Waals surface area contributed by atoms with Gasteiger partial charge in [-0.2, -0.15) is 11.8 Å². The first-order valence-corrected chi connectivity index (χ1v) is 15.8. The van der Waals surface area contributed by atoms with Gasteiger partial charge in [-0.3, -0.25) is 0 Å². The van der Waals surface area contributed by atoms with E-state index in [1.165, 1.54) is 0 Å². The highest BCUT2D eigenvalue weighted by Gasteiger charge is 2.40. The number of rotatable bonds is 9. The van der Waals surface area contributed by atoms with Crippen molar-refractivity contribution in [1.29, 1.82) is 0 Å². The van der Waals surface area contributed by atoms with Gasteiger partial charge in [0.15, 0.2) is 0 Å². The highest BCUT2D eigenvalue weighted by atomic mass is 32.2. The largest absolute Gasteiger partial charge is 0.249 e. The van der Waals surface area contributed by atoms with Crippen LogP contribution in [0.1, 0.15) is 40.0 Å². The van der Waals surface area contributed by atoms with E-state index in [0.29, 0.717) is 0 Å². The fraction of sp³-hybridized carbons (Fsp3) is 0.226. The Morgan fingerprint density at radius 1 is 0.703 bits per heavy atom. The van der Waals surface area contributed by atoms with Gasteiger partial charge in [0.1, 0.15) is 11.0 Å². The summed E-state index contributed by atoms with van der Waals surface area (Å²) in [5, 5.41) is -0.171. The topological polar surface area (TPSA) is 46.2 Å². The van der Waals surface area contributed by atoms with E-state index in [9.17, 15) is 8.42 Å². The molecule has 0 aliphatic heterocycles. The van der Waals surface area contributed by atoms with E-state index < -0.39 is 27.3 Å². The summed E-state index contributed by atoms with van der Waals surface area (Å²) in [6.45, 7) is 8.20. The summed E-state index contributed by atoms with van der Waals surface area (Å²) in [5.41, 5.74) is 4.67. The molecule has 0 saturated carbocycles. The maximum Gasteiger partial charge on any atom is 0.125 e. The molecule has 0 aromatic heterocycles. The minimum Gasteiger partial charge on any atom is -0.249 e. The van der Waals surface area contributed by atoms with Crippen molar-refractivity contribution >= 4 is 33.5 Å². The summed E-state index contributed by atoms with van der Waals surface area (Å²) in [6.07, 6.45) is 2.05. The normalized spacial score (nSPS) is 15.5. The van der Waals surface area contributed by atoms with Gasteiger partial charge in [-0.05, 0) is 75.4 Å². The lowest BCUT2D eigenvalue weighted by atomic mass is 9.85. The lowest BCUT2D eigenvalue weighted by molar-refractivity contribution is 0.431. The van der Waals surface area contributed by atoms with Crippen LogP contribution in [0.15, 0.2) is 112 Å². The molecule has 0 spiro atoms. The molecule has 4 rings (SSSR count). The SMILES string of the molecule is CS[C@@H](c1ccccc1[S@@](=O)c1ccc(C)cc1)[C@@](C)(N[S@](=O)c1ccc(C)cc1)c1ccc(C)cc1. The average Bonchev–Trinajstić information content (AvgIpc) is 2.90. The van der Waals surface area contributed by atoms with E-state index in [1.807, 2.05) is 86.6 Å². The predicted molar refractivity (Wildman–Crippen MR) is 158 cm³/mol. The molecule has 0 radical (unpaired) electrons. The summed E-state index contributed by atoms with van der Waals surface area (Å²) in [5.74, 6) is 0. The van der Waals surface area contributed by atoms with Crippen molar-refractivity contribution in [2.45, 2.75) is 53.2 Å². The molecule has 0 fully saturated rings. The van der Waals surface area contributed by atoms with Crippen LogP contribution in [0.5, 0.6) is 0 Å². The fourth-order valence-electron chi connectivity index (χ4n) is 4.41. The lowest BCUT2D eigenvalue weighted by Gasteiger charge is -2.39. The van der Waals surface area contributed by atoms with Crippen LogP contribution in [0.2, 0.25) is 0 Å². The molecular weight excluding hydrogens is 515 g/mol. The van der Waals surface area contributed by atoms with Gasteiger partial charge in [-0.1, -0.05) is 83.4 Å². The Balaban J connectivity index is 1.82. The van der Waals surface area contributed by atoms with Crippen molar-refractivity contribution in [3.63, 3.8) is 0 Å². The van der Waals surface area contributed by atoms with Crippen molar-refractivity contribution in [2.24, 2.45) is 0 Å². The quantitative estimate of drug-likeness (QED) is 0.237. The van der Waals surface area contributed by atoms with Crippen molar-refractivity contribution in [3.05, 3.63) is 125 Å². The summed E-state index contributed by atoms with van der Waals surface area (Å²) in [6, 6.07) is 31.9. The molecule has 0 unspecified atom stereocenters. The molecule has 0 saturated heterocycles. The molecule has 6 heteroatoms. The van der Waals surface area contributed by atoms with E-state index in [1.54, 1.807) is 11.8 Å². The molecular formula is C31H33NO2S3. The van der Waals surface area contributed by atoms with E-state index >= 15 is 0 Å². The molecule has 0 aliphatic carbocycles. The maximum absolute atomic E-state index is 13.8. The van der Waals surface area contributed by atoms with Gasteiger partial charge >= 0.3 is 0 Å². The highest BCUT2D eigenvalue weighted by molar-refractivity contribution is 7.99. The van der Waals surface area contributed by atoms with Crippen molar-refractivity contribution < 1.29 is 8.42 Å². The van der Waals surface area contributed by atoms with Crippen molar-refractivity contribution in [2.75, 3.05) is 6.26 Å². The second-order valence-electron chi connectivity index (χ2n) is 9.49. The van der Waals surface area contributed by atoms with E-state index in [0.717, 1.165) is 42.5 Å². The van der Waals surface area contributed by atoms with Crippen LogP contribution in [0.25, 0.3) is 0 Å². The zero-order chi connectivity index (χ0) is 26.6. The second-order valence-corrected chi connectivity index (χ2v) is 13.1. The smallest absolute Gasteiger partial charge is 0.125 e. The fourth-order valence-corrected chi connectivity index (χ4v) is 8.04. The van der Waals surface area contributed by atoms with E-state index in [4.69, 9.17) is 0 Å². The Bertz CT molecular complexity index is 1400. The molecule has 0 heterocycles. The average molecular weight is 548 g/mol. The molecule has 37 heavy (non-hydrogen) atoms. The Kier molecular flexibility index (Phi) is 8.86. The van der Waals surface area contributed by atoms with Gasteiger partial charge in [-0.25, -0.2) is 13.1 Å². The summed E-state index contributed by atoms with van der Waals surface area (Å²) in [7, 11) is -2.81. The standard InChI is InChI=1S/C31H33NO2S3/c1-22-10-16-25(17-11-22)31(4,32-37(34)27-20-14-24(3)15-21-27)30(35-5)28-8-6-7-9-29(28)36(33)26-18-12-23(2)13-19-26/h6-21,30,32H,1-5H3/t30-,31-,36-,37+/m0/s1. The molecule has 3 nitrogen and oxygen atoms in total. The molecule has 0 bridgehead atoms. The van der Waals surface area contributed by atoms with E-state index in [2.05, 4.69) is 49.1 Å². The molecule has 192 valence electrons. The first kappa shape index (κ1) is 27.5. The van der Waals surface area contributed by atoms with Crippen LogP contribution in [0.3, 0.4) is 0 Å². The van der Waals surface area contributed by atoms with Gasteiger partial charge in [-0.15, -0.1) is 0 Å². The zero-order valence-corrected chi connectivity index (χ0v) is 24.3. The van der Waals surface area contributed by atoms with Gasteiger partial charge in [0.05, 0.1) is 26.5 Å². The minimum atomic E-state index is -1.46. The van der Waals surface area contributed by atoms with Crippen molar-refractivity contribution in [3.8, 4) is 0 Å². The molecule has 1 N–H and O–H groups in total. The third kappa shape index (κ3) is 6.15. The first-order chi connectivity index (χ1) is 17.7. The Hall–Kier alpha value is -2.51. The summed E-state index contributed by atoms with van der Waals surface area (Å²) < 4.78 is 31.0. The van der Waals surface area contributed by atoms with Crippen LogP contribution in [-0.2, 0) is 27.3 Å². The van der Waals surface area contributed by atoms with Gasteiger partial charge in [0, 0.05) is 9.79 Å². The molecule has 4 atom stereocenters. The number of hydrogen-bond donors (Lipinski definition) is 1.